The predicted molar refractivity (Wildman–Crippen MR) is 157 cm³/mol. The van der Waals surface area contributed by atoms with Crippen LogP contribution in [0.4, 0.5) is 11.4 Å². The predicted octanol–water partition coefficient (Wildman–Crippen LogP) is 6.19. The van der Waals surface area contributed by atoms with Gasteiger partial charge in [0, 0.05) is 36.0 Å². The molecule has 39 heavy (non-hydrogen) atoms. The lowest BCUT2D eigenvalue weighted by atomic mass is 9.98. The minimum absolute atomic E-state index is 0.0578. The maximum absolute atomic E-state index is 12.4. The van der Waals surface area contributed by atoms with E-state index in [0.29, 0.717) is 22.6 Å². The number of carbonyl (C=O) groups excluding carboxylic acids is 1. The highest BCUT2D eigenvalue weighted by molar-refractivity contribution is 7.80. The van der Waals surface area contributed by atoms with E-state index in [1.165, 1.54) is 31.2 Å². The van der Waals surface area contributed by atoms with Crippen molar-refractivity contribution in [2.45, 2.75) is 43.8 Å². The zero-order valence-electron chi connectivity index (χ0n) is 21.6. The van der Waals surface area contributed by atoms with Gasteiger partial charge in [-0.25, -0.2) is 0 Å². The molecule has 0 radical (unpaired) electrons. The molecular formula is C31H31N5O2S. The molecule has 2 atom stereocenters. The Hall–Kier alpha value is -4.17. The molecular weight excluding hydrogens is 506 g/mol. The molecule has 2 aromatic carbocycles. The summed E-state index contributed by atoms with van der Waals surface area (Å²) >= 11 is 5.87. The van der Waals surface area contributed by atoms with Crippen molar-refractivity contribution < 1.29 is 9.53 Å². The van der Waals surface area contributed by atoms with Crippen LogP contribution >= 0.6 is 12.2 Å². The number of benzene rings is 2. The largest absolute Gasteiger partial charge is 0.484 e. The molecule has 2 aromatic heterocycles. The third-order valence-electron chi connectivity index (χ3n) is 7.47. The van der Waals surface area contributed by atoms with Crippen molar-refractivity contribution in [3.63, 3.8) is 0 Å². The molecule has 1 saturated carbocycles. The average molecular weight is 538 g/mol. The monoisotopic (exact) mass is 537 g/mol. The number of carbonyl (C=O) groups is 1. The molecule has 3 heterocycles. The minimum atomic E-state index is -0.216. The van der Waals surface area contributed by atoms with Crippen LogP contribution < -0.4 is 20.3 Å². The van der Waals surface area contributed by atoms with Gasteiger partial charge in [0.1, 0.15) is 5.75 Å². The number of nitrogens with one attached hydrogen (secondary N) is 2. The third kappa shape index (κ3) is 5.52. The number of hydrogen-bond acceptors (Lipinski definition) is 4. The molecule has 2 aliphatic rings. The fourth-order valence-electron chi connectivity index (χ4n) is 5.57. The molecule has 198 valence electrons. The first-order valence-corrected chi connectivity index (χ1v) is 13.8. The van der Waals surface area contributed by atoms with E-state index in [4.69, 9.17) is 17.0 Å². The third-order valence-corrected chi connectivity index (χ3v) is 7.78. The van der Waals surface area contributed by atoms with Crippen molar-refractivity contribution in [2.75, 3.05) is 16.8 Å². The van der Waals surface area contributed by atoms with E-state index < -0.39 is 0 Å². The molecule has 1 aliphatic heterocycles. The maximum Gasteiger partial charge on any atom is 0.262 e. The molecule has 2 N–H and O–H groups in total. The molecule has 1 aliphatic carbocycles. The fourth-order valence-corrected chi connectivity index (χ4v) is 5.92. The highest BCUT2D eigenvalue weighted by atomic mass is 32.1. The number of pyridine rings is 1. The van der Waals surface area contributed by atoms with Crippen LogP contribution in [0, 0.1) is 0 Å². The summed E-state index contributed by atoms with van der Waals surface area (Å²) in [7, 11) is 0. The van der Waals surface area contributed by atoms with Crippen LogP contribution in [0.25, 0.3) is 0 Å². The Morgan fingerprint density at radius 2 is 1.77 bits per heavy atom. The number of nitrogens with zero attached hydrogens (tertiary/aromatic N) is 3. The Bertz CT molecular complexity index is 1420. The summed E-state index contributed by atoms with van der Waals surface area (Å²) in [5.74, 6) is 0.444. The van der Waals surface area contributed by atoms with Crippen molar-refractivity contribution >= 4 is 34.6 Å². The highest BCUT2D eigenvalue weighted by Crippen LogP contribution is 2.42. The summed E-state index contributed by atoms with van der Waals surface area (Å²) in [6.07, 6.45) is 11.3. The van der Waals surface area contributed by atoms with E-state index in [-0.39, 0.29) is 24.6 Å². The van der Waals surface area contributed by atoms with Gasteiger partial charge in [-0.3, -0.25) is 9.78 Å². The second-order valence-corrected chi connectivity index (χ2v) is 10.4. The van der Waals surface area contributed by atoms with Gasteiger partial charge in [0.05, 0.1) is 17.8 Å². The van der Waals surface area contributed by atoms with Crippen LogP contribution in [0.2, 0.25) is 0 Å². The van der Waals surface area contributed by atoms with E-state index in [1.54, 1.807) is 0 Å². The van der Waals surface area contributed by atoms with Gasteiger partial charge in [-0.05, 0) is 85.2 Å². The molecule has 6 rings (SSSR count). The van der Waals surface area contributed by atoms with Crippen molar-refractivity contribution in [1.29, 1.82) is 0 Å². The summed E-state index contributed by atoms with van der Waals surface area (Å²) in [5, 5.41) is 7.08. The maximum atomic E-state index is 12.4. The molecule has 0 bridgehead atoms. The van der Waals surface area contributed by atoms with Crippen molar-refractivity contribution in [2.24, 2.45) is 0 Å². The van der Waals surface area contributed by atoms with E-state index in [9.17, 15) is 4.79 Å². The van der Waals surface area contributed by atoms with Gasteiger partial charge in [0.15, 0.2) is 11.7 Å². The Balaban J connectivity index is 1.22. The van der Waals surface area contributed by atoms with Crippen LogP contribution in [0.15, 0.2) is 97.5 Å². The second-order valence-electron chi connectivity index (χ2n) is 10.0. The number of anilines is 2. The summed E-state index contributed by atoms with van der Waals surface area (Å²) in [6.45, 7) is -0.0578. The van der Waals surface area contributed by atoms with Crippen LogP contribution in [0.1, 0.15) is 55.1 Å². The van der Waals surface area contributed by atoms with E-state index in [1.807, 2.05) is 79.0 Å². The van der Waals surface area contributed by atoms with Gasteiger partial charge in [-0.2, -0.15) is 0 Å². The summed E-state index contributed by atoms with van der Waals surface area (Å²) < 4.78 is 7.93. The Kier molecular flexibility index (Phi) is 7.27. The van der Waals surface area contributed by atoms with E-state index in [2.05, 4.69) is 43.5 Å². The first-order chi connectivity index (χ1) is 19.2. The van der Waals surface area contributed by atoms with E-state index in [0.717, 1.165) is 11.4 Å². The summed E-state index contributed by atoms with van der Waals surface area (Å²) in [4.78, 5) is 19.3. The lowest BCUT2D eigenvalue weighted by Crippen LogP contribution is -2.29. The molecule has 7 nitrogen and oxygen atoms in total. The zero-order chi connectivity index (χ0) is 26.6. The van der Waals surface area contributed by atoms with Gasteiger partial charge < -0.3 is 24.8 Å². The van der Waals surface area contributed by atoms with E-state index >= 15 is 0 Å². The Labute approximate surface area is 233 Å². The van der Waals surface area contributed by atoms with Crippen LogP contribution in [-0.4, -0.2) is 27.2 Å². The topological polar surface area (TPSA) is 71.4 Å². The zero-order valence-corrected chi connectivity index (χ0v) is 22.4. The first kappa shape index (κ1) is 25.1. The summed E-state index contributed by atoms with van der Waals surface area (Å²) in [6, 6.07) is 25.7. The number of rotatable bonds is 8. The molecule has 2 fully saturated rings. The number of aromatic nitrogens is 2. The highest BCUT2D eigenvalue weighted by Gasteiger charge is 2.41. The lowest BCUT2D eigenvalue weighted by Gasteiger charge is -2.27. The van der Waals surface area contributed by atoms with Crippen LogP contribution in [0.3, 0.4) is 0 Å². The summed E-state index contributed by atoms with van der Waals surface area (Å²) in [5.41, 5.74) is 3.79. The van der Waals surface area contributed by atoms with Crippen molar-refractivity contribution in [3.05, 3.63) is 109 Å². The van der Waals surface area contributed by atoms with Gasteiger partial charge in [0.25, 0.3) is 5.91 Å². The molecule has 1 saturated heterocycles. The normalized spacial score (nSPS) is 19.2. The molecule has 8 heteroatoms. The SMILES string of the molecule is O=C(COc1ccccc1)Nc1ccc(N2C(=S)N[C@@H](c3ccccn3)[C@H]2c2ccn(C3CCCC3)c2)cc1. The van der Waals surface area contributed by atoms with Gasteiger partial charge in [-0.15, -0.1) is 0 Å². The number of para-hydroxylation sites is 1. The molecule has 0 unspecified atom stereocenters. The first-order valence-electron chi connectivity index (χ1n) is 13.4. The Morgan fingerprint density at radius 3 is 2.51 bits per heavy atom. The molecule has 1 amide bonds. The Morgan fingerprint density at radius 1 is 1.00 bits per heavy atom. The number of hydrogen-bond donors (Lipinski definition) is 2. The second kappa shape index (κ2) is 11.3. The van der Waals surface area contributed by atoms with Crippen molar-refractivity contribution in [3.8, 4) is 5.75 Å². The molecule has 0 spiro atoms. The standard InChI is InChI=1S/C31H31N5O2S/c37-28(21-38-26-10-2-1-3-11-26)33-23-13-15-25(16-14-23)36-30(22-17-19-35(20-22)24-8-4-5-9-24)29(34-31(36)39)27-12-6-7-18-32-27/h1-3,6-7,10-20,24,29-30H,4-5,8-9,21H2,(H,33,37)(H,34,39)/t29-,30+/m0/s1. The fraction of sp³-hybridized carbons (Fsp3) is 0.258. The lowest BCUT2D eigenvalue weighted by molar-refractivity contribution is -0.118. The van der Waals surface area contributed by atoms with Gasteiger partial charge in [-0.1, -0.05) is 37.1 Å². The van der Waals surface area contributed by atoms with Gasteiger partial charge >= 0.3 is 0 Å². The minimum Gasteiger partial charge on any atom is -0.484 e. The van der Waals surface area contributed by atoms with Gasteiger partial charge in [0.2, 0.25) is 0 Å². The number of thiocarbonyl (C=S) groups is 1. The number of ether oxygens (including phenoxy) is 1. The van der Waals surface area contributed by atoms with Crippen LogP contribution in [-0.2, 0) is 4.79 Å². The quantitative estimate of drug-likeness (QED) is 0.261. The number of amides is 1. The smallest absolute Gasteiger partial charge is 0.262 e. The van der Waals surface area contributed by atoms with Crippen LogP contribution in [0.5, 0.6) is 5.75 Å². The molecule has 4 aromatic rings. The van der Waals surface area contributed by atoms with Crippen molar-refractivity contribution in [1.82, 2.24) is 14.9 Å². The average Bonchev–Trinajstić information content (AvgIpc) is 3.74.